The van der Waals surface area contributed by atoms with Crippen LogP contribution in [-0.4, -0.2) is 34.1 Å². The van der Waals surface area contributed by atoms with E-state index in [0.717, 1.165) is 37.9 Å². The summed E-state index contributed by atoms with van der Waals surface area (Å²) in [5, 5.41) is 1.44. The van der Waals surface area contributed by atoms with Gasteiger partial charge in [0.05, 0.1) is 18.8 Å². The number of H-pyrrole nitrogens is 1. The van der Waals surface area contributed by atoms with Gasteiger partial charge < -0.3 is 14.6 Å². The van der Waals surface area contributed by atoms with Crippen LogP contribution in [0.5, 0.6) is 5.75 Å². The molecule has 4 aromatic rings. The van der Waals surface area contributed by atoms with Crippen molar-refractivity contribution in [1.82, 2.24) is 9.88 Å². The molecule has 1 N–H and O–H groups in total. The van der Waals surface area contributed by atoms with Crippen molar-refractivity contribution in [2.75, 3.05) is 12.0 Å². The number of benzene rings is 3. The number of halogens is 2. The maximum absolute atomic E-state index is 14.0. The minimum atomic E-state index is -0.492. The van der Waals surface area contributed by atoms with Gasteiger partial charge in [-0.2, -0.15) is 0 Å². The first-order chi connectivity index (χ1) is 16.5. The third-order valence-corrected chi connectivity index (χ3v) is 7.49. The van der Waals surface area contributed by atoms with Gasteiger partial charge in [-0.3, -0.25) is 9.69 Å². The van der Waals surface area contributed by atoms with Gasteiger partial charge in [0.25, 0.3) is 5.91 Å². The topological polar surface area (TPSA) is 48.6 Å². The predicted octanol–water partition coefficient (Wildman–Crippen LogP) is 5.73. The van der Waals surface area contributed by atoms with Crippen molar-refractivity contribution in [2.45, 2.75) is 18.5 Å². The van der Waals surface area contributed by atoms with Gasteiger partial charge in [-0.25, -0.2) is 4.39 Å². The maximum Gasteiger partial charge on any atom is 0.256 e. The Balaban J connectivity index is 1.54. The quantitative estimate of drug-likeness (QED) is 0.340. The molecule has 5 nitrogen and oxygen atoms in total. The summed E-state index contributed by atoms with van der Waals surface area (Å²) in [4.78, 5) is 20.7. The van der Waals surface area contributed by atoms with E-state index < -0.39 is 11.9 Å². The summed E-state index contributed by atoms with van der Waals surface area (Å²) in [6.45, 7) is 0. The van der Waals surface area contributed by atoms with E-state index in [4.69, 9.17) is 17.0 Å². The Hall–Kier alpha value is -3.23. The Morgan fingerprint density at radius 2 is 1.91 bits per heavy atom. The largest absolute Gasteiger partial charge is 0.497 e. The number of rotatable bonds is 3. The van der Waals surface area contributed by atoms with Crippen molar-refractivity contribution in [3.8, 4) is 5.75 Å². The number of aromatic amines is 1. The fourth-order valence-electron chi connectivity index (χ4n) is 5.08. The van der Waals surface area contributed by atoms with E-state index in [1.807, 2.05) is 41.3 Å². The van der Waals surface area contributed by atoms with Crippen LogP contribution in [0.1, 0.15) is 22.9 Å². The summed E-state index contributed by atoms with van der Waals surface area (Å²) in [5.74, 6) is 0.188. The van der Waals surface area contributed by atoms with E-state index in [9.17, 15) is 9.18 Å². The number of thiocarbonyl (C=S) groups is 1. The van der Waals surface area contributed by atoms with Crippen LogP contribution in [0.3, 0.4) is 0 Å². The molecular formula is C26H19BrFN3O2S. The number of ether oxygens (including phenoxy) is 1. The second-order valence-electron chi connectivity index (χ2n) is 8.45. The highest BCUT2D eigenvalue weighted by Crippen LogP contribution is 2.45. The highest BCUT2D eigenvalue weighted by Gasteiger charge is 2.51. The van der Waals surface area contributed by atoms with E-state index in [-0.39, 0.29) is 11.9 Å². The number of hydrogen-bond donors (Lipinski definition) is 1. The number of carbonyl (C=O) groups excluding carboxylic acids is 1. The second-order valence-corrected chi connectivity index (χ2v) is 9.73. The standard InChI is InChI=1S/C26H19BrFN3O2S/c1-33-18-8-5-14(6-9-18)24-23-20(19-11-15(27)7-10-21(19)29-23)13-22-25(32)30(26(34)31(22)24)17-4-2-3-16(28)12-17/h2-12,22,24,29H,13H2,1H3. The first-order valence-electron chi connectivity index (χ1n) is 10.8. The van der Waals surface area contributed by atoms with E-state index in [1.165, 1.54) is 17.0 Å². The fraction of sp³-hybridized carbons (Fsp3) is 0.154. The number of nitrogens with one attached hydrogen (secondary N) is 1. The van der Waals surface area contributed by atoms with Crippen LogP contribution in [0, 0.1) is 5.82 Å². The van der Waals surface area contributed by atoms with Crippen molar-refractivity contribution in [2.24, 2.45) is 0 Å². The van der Waals surface area contributed by atoms with Crippen LogP contribution in [0.25, 0.3) is 10.9 Å². The first-order valence-corrected chi connectivity index (χ1v) is 12.0. The number of carbonyl (C=O) groups is 1. The SMILES string of the molecule is COc1ccc(C2c3[nH]c4ccc(Br)cc4c3CC3C(=O)N(c4cccc(F)c4)C(=S)N32)cc1. The molecule has 170 valence electrons. The summed E-state index contributed by atoms with van der Waals surface area (Å²) in [7, 11) is 1.63. The Morgan fingerprint density at radius 3 is 2.65 bits per heavy atom. The Morgan fingerprint density at radius 1 is 1.12 bits per heavy atom. The molecule has 0 saturated carbocycles. The van der Waals surface area contributed by atoms with Crippen molar-refractivity contribution in [3.05, 3.63) is 93.8 Å². The number of aromatic nitrogens is 1. The van der Waals surface area contributed by atoms with Gasteiger partial charge >= 0.3 is 0 Å². The fourth-order valence-corrected chi connectivity index (χ4v) is 5.87. The number of methoxy groups -OCH3 is 1. The summed E-state index contributed by atoms with van der Waals surface area (Å²) in [6, 6.07) is 19.1. The van der Waals surface area contributed by atoms with Crippen LogP contribution < -0.4 is 9.64 Å². The van der Waals surface area contributed by atoms with E-state index >= 15 is 0 Å². The van der Waals surface area contributed by atoms with E-state index in [1.54, 1.807) is 19.2 Å². The Bertz CT molecular complexity index is 1470. The number of hydrogen-bond acceptors (Lipinski definition) is 3. The van der Waals surface area contributed by atoms with Gasteiger partial charge in [0, 0.05) is 27.5 Å². The lowest BCUT2D eigenvalue weighted by Gasteiger charge is -2.37. The zero-order valence-corrected chi connectivity index (χ0v) is 20.5. The van der Waals surface area contributed by atoms with Crippen LogP contribution in [0.4, 0.5) is 10.1 Å². The normalized spacial score (nSPS) is 19.5. The van der Waals surface area contributed by atoms with E-state index in [0.29, 0.717) is 17.2 Å². The number of anilines is 1. The molecule has 1 amide bonds. The summed E-state index contributed by atoms with van der Waals surface area (Å²) >= 11 is 9.44. The zero-order chi connectivity index (χ0) is 23.6. The van der Waals surface area contributed by atoms with Crippen LogP contribution >= 0.6 is 28.1 Å². The number of amides is 1. The average Bonchev–Trinajstić information content (AvgIpc) is 3.32. The molecule has 0 aliphatic carbocycles. The molecule has 0 spiro atoms. The molecule has 0 bridgehead atoms. The number of fused-ring (bicyclic) bond motifs is 4. The molecule has 1 saturated heterocycles. The smallest absolute Gasteiger partial charge is 0.256 e. The summed E-state index contributed by atoms with van der Waals surface area (Å²) in [6.07, 6.45) is 0.503. The molecule has 2 atom stereocenters. The van der Waals surface area contributed by atoms with Gasteiger partial charge in [-0.1, -0.05) is 34.1 Å². The first kappa shape index (κ1) is 21.3. The third-order valence-electron chi connectivity index (χ3n) is 6.60. The summed E-state index contributed by atoms with van der Waals surface area (Å²) in [5.41, 5.74) is 4.53. The van der Waals surface area contributed by atoms with Crippen molar-refractivity contribution < 1.29 is 13.9 Å². The monoisotopic (exact) mass is 535 g/mol. The van der Waals surface area contributed by atoms with Crippen molar-refractivity contribution in [1.29, 1.82) is 0 Å². The van der Waals surface area contributed by atoms with Crippen molar-refractivity contribution in [3.63, 3.8) is 0 Å². The van der Waals surface area contributed by atoms with Crippen LogP contribution in [0.2, 0.25) is 0 Å². The van der Waals surface area contributed by atoms with E-state index in [2.05, 4.69) is 27.0 Å². The maximum atomic E-state index is 14.0. The third kappa shape index (κ3) is 3.16. The highest BCUT2D eigenvalue weighted by atomic mass is 79.9. The van der Waals surface area contributed by atoms with Gasteiger partial charge in [0.1, 0.15) is 17.6 Å². The van der Waals surface area contributed by atoms with Gasteiger partial charge in [-0.05, 0) is 71.9 Å². The molecule has 1 aromatic heterocycles. The lowest BCUT2D eigenvalue weighted by atomic mass is 9.89. The molecule has 1 fully saturated rings. The minimum Gasteiger partial charge on any atom is -0.497 e. The molecule has 2 aliphatic heterocycles. The molecule has 2 unspecified atom stereocenters. The molecule has 3 aromatic carbocycles. The molecule has 2 aliphatic rings. The number of nitrogens with zero attached hydrogens (tertiary/aromatic N) is 2. The van der Waals surface area contributed by atoms with Gasteiger partial charge in [0.15, 0.2) is 5.11 Å². The molecule has 6 rings (SSSR count). The van der Waals surface area contributed by atoms with Crippen LogP contribution in [0.15, 0.2) is 71.2 Å². The Kier molecular flexibility index (Phi) is 4.97. The highest BCUT2D eigenvalue weighted by molar-refractivity contribution is 9.10. The summed E-state index contributed by atoms with van der Waals surface area (Å²) < 4.78 is 20.3. The minimum absolute atomic E-state index is 0.149. The molecule has 3 heterocycles. The predicted molar refractivity (Wildman–Crippen MR) is 137 cm³/mol. The zero-order valence-electron chi connectivity index (χ0n) is 18.1. The molecule has 34 heavy (non-hydrogen) atoms. The average molecular weight is 536 g/mol. The van der Waals surface area contributed by atoms with Crippen molar-refractivity contribution >= 4 is 55.8 Å². The van der Waals surface area contributed by atoms with Crippen LogP contribution in [-0.2, 0) is 11.2 Å². The lowest BCUT2D eigenvalue weighted by molar-refractivity contribution is -0.120. The molecule has 0 radical (unpaired) electrons. The Labute approximate surface area is 209 Å². The lowest BCUT2D eigenvalue weighted by Crippen LogP contribution is -2.44. The van der Waals surface area contributed by atoms with Gasteiger partial charge in [-0.15, -0.1) is 0 Å². The molecular weight excluding hydrogens is 517 g/mol. The second kappa shape index (κ2) is 7.92. The van der Waals surface area contributed by atoms with Gasteiger partial charge in [0.2, 0.25) is 0 Å². The molecule has 8 heteroatoms.